The molecule has 0 aliphatic heterocycles. The Hall–Kier alpha value is -1.79. The molecule has 5 nitrogen and oxygen atoms in total. The first-order chi connectivity index (χ1) is 11.1. The maximum atomic E-state index is 5.98. The van der Waals surface area contributed by atoms with Crippen LogP contribution in [0.2, 0.25) is 5.02 Å². The Kier molecular flexibility index (Phi) is 6.67. The van der Waals surface area contributed by atoms with E-state index in [1.54, 1.807) is 0 Å². The molecule has 0 unspecified atom stereocenters. The molecule has 0 saturated heterocycles. The van der Waals surface area contributed by atoms with Gasteiger partial charge in [-0.25, -0.2) is 0 Å². The number of ether oxygens (including phenoxy) is 1. The highest BCUT2D eigenvalue weighted by Gasteiger charge is 2.05. The second kappa shape index (κ2) is 8.74. The van der Waals surface area contributed by atoms with Gasteiger partial charge >= 0.3 is 0 Å². The standard InChI is InChI=1S/C16H21ClN4OS/c1-3-22-15-8-5-4-7-14(15)19-16(23)18-9-6-10-21-11-13(17)12(2)20-21/h4-5,7-8,11H,3,6,9-10H2,1-2H3,(H2,18,19,23). The van der Waals surface area contributed by atoms with Crippen molar-refractivity contribution < 1.29 is 4.74 Å². The SMILES string of the molecule is CCOc1ccccc1NC(=S)NCCCn1cc(Cl)c(C)n1. The number of hydrogen-bond acceptors (Lipinski definition) is 3. The summed E-state index contributed by atoms with van der Waals surface area (Å²) in [6.45, 7) is 6.01. The van der Waals surface area contributed by atoms with E-state index >= 15 is 0 Å². The topological polar surface area (TPSA) is 51.1 Å². The first-order valence-electron chi connectivity index (χ1n) is 7.56. The molecule has 2 aromatic rings. The zero-order valence-electron chi connectivity index (χ0n) is 13.3. The van der Waals surface area contributed by atoms with E-state index in [0.29, 0.717) is 16.7 Å². The van der Waals surface area contributed by atoms with Crippen LogP contribution in [0, 0.1) is 6.92 Å². The number of benzene rings is 1. The third-order valence-electron chi connectivity index (χ3n) is 3.17. The van der Waals surface area contributed by atoms with Crippen LogP contribution in [0.25, 0.3) is 0 Å². The van der Waals surface area contributed by atoms with Crippen LogP contribution < -0.4 is 15.4 Å². The molecule has 23 heavy (non-hydrogen) atoms. The summed E-state index contributed by atoms with van der Waals surface area (Å²) >= 11 is 11.3. The molecule has 0 atom stereocenters. The molecule has 0 saturated carbocycles. The molecule has 1 aromatic carbocycles. The van der Waals surface area contributed by atoms with E-state index in [-0.39, 0.29) is 0 Å². The number of halogens is 1. The summed E-state index contributed by atoms with van der Waals surface area (Å²) in [7, 11) is 0. The quantitative estimate of drug-likeness (QED) is 0.588. The predicted octanol–water partition coefficient (Wildman–Crippen LogP) is 3.62. The van der Waals surface area contributed by atoms with Crippen molar-refractivity contribution in [2.75, 3.05) is 18.5 Å². The summed E-state index contributed by atoms with van der Waals surface area (Å²) in [5.41, 5.74) is 1.71. The molecule has 1 heterocycles. The number of hydrogen-bond donors (Lipinski definition) is 2. The van der Waals surface area contributed by atoms with Crippen molar-refractivity contribution in [1.29, 1.82) is 0 Å². The van der Waals surface area contributed by atoms with E-state index in [0.717, 1.165) is 36.6 Å². The zero-order valence-corrected chi connectivity index (χ0v) is 14.9. The van der Waals surface area contributed by atoms with Crippen molar-refractivity contribution in [3.8, 4) is 5.75 Å². The molecule has 0 fully saturated rings. The van der Waals surface area contributed by atoms with Crippen LogP contribution in [-0.2, 0) is 6.54 Å². The van der Waals surface area contributed by atoms with Gasteiger partial charge in [-0.05, 0) is 44.6 Å². The molecule has 0 radical (unpaired) electrons. The molecule has 0 spiro atoms. The van der Waals surface area contributed by atoms with Gasteiger partial charge in [0.05, 0.1) is 23.0 Å². The van der Waals surface area contributed by atoms with E-state index in [2.05, 4.69) is 15.7 Å². The normalized spacial score (nSPS) is 10.4. The van der Waals surface area contributed by atoms with E-state index in [9.17, 15) is 0 Å². The molecule has 7 heteroatoms. The molecule has 0 bridgehead atoms. The lowest BCUT2D eigenvalue weighted by Crippen LogP contribution is -2.30. The smallest absolute Gasteiger partial charge is 0.170 e. The fraction of sp³-hybridized carbons (Fsp3) is 0.375. The van der Waals surface area contributed by atoms with E-state index in [4.69, 9.17) is 28.6 Å². The van der Waals surface area contributed by atoms with Crippen LogP contribution in [0.15, 0.2) is 30.5 Å². The highest BCUT2D eigenvalue weighted by molar-refractivity contribution is 7.80. The molecule has 0 amide bonds. The van der Waals surface area contributed by atoms with Crippen LogP contribution >= 0.6 is 23.8 Å². The van der Waals surface area contributed by atoms with Gasteiger partial charge in [0.2, 0.25) is 0 Å². The average molecular weight is 353 g/mol. The van der Waals surface area contributed by atoms with Gasteiger partial charge in [0.1, 0.15) is 5.75 Å². The number of para-hydroxylation sites is 2. The highest BCUT2D eigenvalue weighted by atomic mass is 35.5. The van der Waals surface area contributed by atoms with Crippen molar-refractivity contribution >= 4 is 34.6 Å². The minimum absolute atomic E-state index is 0.576. The molecule has 0 aliphatic rings. The fourth-order valence-electron chi connectivity index (χ4n) is 2.07. The Morgan fingerprint density at radius 1 is 1.39 bits per heavy atom. The Bertz CT molecular complexity index is 640. The molecular weight excluding hydrogens is 332 g/mol. The largest absolute Gasteiger partial charge is 0.492 e. The first kappa shape index (κ1) is 17.6. The van der Waals surface area contributed by atoms with Crippen LogP contribution in [0.5, 0.6) is 5.75 Å². The summed E-state index contributed by atoms with van der Waals surface area (Å²) < 4.78 is 7.41. The second-order valence-corrected chi connectivity index (χ2v) is 5.80. The van der Waals surface area contributed by atoms with Crippen LogP contribution in [-0.4, -0.2) is 28.0 Å². The van der Waals surface area contributed by atoms with Crippen molar-refractivity contribution in [2.45, 2.75) is 26.8 Å². The molecule has 2 N–H and O–H groups in total. The summed E-state index contributed by atoms with van der Waals surface area (Å²) in [5.74, 6) is 0.792. The third-order valence-corrected chi connectivity index (χ3v) is 3.79. The van der Waals surface area contributed by atoms with Gasteiger partial charge in [-0.3, -0.25) is 4.68 Å². The summed E-state index contributed by atoms with van der Waals surface area (Å²) in [4.78, 5) is 0. The molecule has 1 aromatic heterocycles. The summed E-state index contributed by atoms with van der Waals surface area (Å²) in [6, 6.07) is 7.73. The number of rotatable bonds is 7. The van der Waals surface area contributed by atoms with Gasteiger partial charge in [-0.1, -0.05) is 23.7 Å². The molecule has 0 aliphatic carbocycles. The van der Waals surface area contributed by atoms with Gasteiger partial charge in [-0.15, -0.1) is 0 Å². The Balaban J connectivity index is 1.75. The van der Waals surface area contributed by atoms with Gasteiger partial charge in [-0.2, -0.15) is 5.10 Å². The Morgan fingerprint density at radius 2 is 2.17 bits per heavy atom. The summed E-state index contributed by atoms with van der Waals surface area (Å²) in [6.07, 6.45) is 2.73. The van der Waals surface area contributed by atoms with Crippen LogP contribution in [0.3, 0.4) is 0 Å². The van der Waals surface area contributed by atoms with Crippen LogP contribution in [0.1, 0.15) is 19.0 Å². The number of aryl methyl sites for hydroxylation is 2. The van der Waals surface area contributed by atoms with Gasteiger partial charge < -0.3 is 15.4 Å². The lowest BCUT2D eigenvalue weighted by Gasteiger charge is -2.14. The average Bonchev–Trinajstić information content (AvgIpc) is 2.84. The highest BCUT2D eigenvalue weighted by Crippen LogP contribution is 2.23. The molecule has 124 valence electrons. The lowest BCUT2D eigenvalue weighted by molar-refractivity contribution is 0.342. The molecular formula is C16H21ClN4OS. The monoisotopic (exact) mass is 352 g/mol. The second-order valence-electron chi connectivity index (χ2n) is 4.99. The number of nitrogens with one attached hydrogen (secondary N) is 2. The Morgan fingerprint density at radius 3 is 2.87 bits per heavy atom. The third kappa shape index (κ3) is 5.41. The van der Waals surface area contributed by atoms with E-state index in [1.807, 2.05) is 49.0 Å². The van der Waals surface area contributed by atoms with Crippen LogP contribution in [0.4, 0.5) is 5.69 Å². The van der Waals surface area contributed by atoms with Crippen molar-refractivity contribution in [2.24, 2.45) is 0 Å². The number of anilines is 1. The van der Waals surface area contributed by atoms with Crippen molar-refractivity contribution in [3.05, 3.63) is 41.2 Å². The zero-order chi connectivity index (χ0) is 16.7. The van der Waals surface area contributed by atoms with E-state index in [1.165, 1.54) is 0 Å². The lowest BCUT2D eigenvalue weighted by atomic mass is 10.3. The van der Waals surface area contributed by atoms with E-state index < -0.39 is 0 Å². The van der Waals surface area contributed by atoms with Crippen molar-refractivity contribution in [3.63, 3.8) is 0 Å². The van der Waals surface area contributed by atoms with Gasteiger partial charge in [0.15, 0.2) is 5.11 Å². The first-order valence-corrected chi connectivity index (χ1v) is 8.35. The number of thiocarbonyl (C=S) groups is 1. The fourth-order valence-corrected chi connectivity index (χ4v) is 2.43. The van der Waals surface area contributed by atoms with Gasteiger partial charge in [0.25, 0.3) is 0 Å². The number of nitrogens with zero attached hydrogens (tertiary/aromatic N) is 2. The maximum Gasteiger partial charge on any atom is 0.170 e. The predicted molar refractivity (Wildman–Crippen MR) is 98.4 cm³/mol. The molecule has 2 rings (SSSR count). The maximum absolute atomic E-state index is 5.98. The van der Waals surface area contributed by atoms with Crippen molar-refractivity contribution in [1.82, 2.24) is 15.1 Å². The van der Waals surface area contributed by atoms with Gasteiger partial charge in [0, 0.05) is 19.3 Å². The minimum Gasteiger partial charge on any atom is -0.492 e. The number of aromatic nitrogens is 2. The Labute approximate surface area is 147 Å². The summed E-state index contributed by atoms with van der Waals surface area (Å²) in [5, 5.41) is 11.9. The minimum atomic E-state index is 0.576.